The highest BCUT2D eigenvalue weighted by Gasteiger charge is 2.70. The molecule has 3 aliphatic rings. The lowest BCUT2D eigenvalue weighted by molar-refractivity contribution is -0.384. The molecule has 1 fully saturated rings. The minimum Gasteiger partial charge on any atom is -0.352 e. The Labute approximate surface area is 255 Å². The van der Waals surface area contributed by atoms with Crippen molar-refractivity contribution >= 4 is 63.8 Å². The van der Waals surface area contributed by atoms with Crippen LogP contribution in [0, 0.1) is 16.0 Å². The van der Waals surface area contributed by atoms with Gasteiger partial charge in [0.05, 0.1) is 21.9 Å². The summed E-state index contributed by atoms with van der Waals surface area (Å²) < 4.78 is 0. The third kappa shape index (κ3) is 3.87. The maximum atomic E-state index is 14.8. The molecule has 10 heteroatoms. The number of nitrogens with one attached hydrogen (secondary N) is 1. The number of anilines is 2. The van der Waals surface area contributed by atoms with E-state index in [4.69, 9.17) is 23.2 Å². The van der Waals surface area contributed by atoms with Crippen LogP contribution in [-0.2, 0) is 10.2 Å². The summed E-state index contributed by atoms with van der Waals surface area (Å²) >= 11 is 12.7. The summed E-state index contributed by atoms with van der Waals surface area (Å²) in [6, 6.07) is 22.5. The topological polar surface area (TPSA) is 110 Å². The maximum absolute atomic E-state index is 14.8. The van der Waals surface area contributed by atoms with E-state index in [9.17, 15) is 24.5 Å². The zero-order chi connectivity index (χ0) is 30.0. The molecule has 4 aromatic carbocycles. The lowest BCUT2D eigenvalue weighted by Gasteiger charge is -2.37. The van der Waals surface area contributed by atoms with Crippen LogP contribution >= 0.6 is 23.2 Å². The quantitative estimate of drug-likeness (QED) is 0.152. The number of hydrogen-bond acceptors (Lipinski definition) is 6. The van der Waals surface area contributed by atoms with Crippen LogP contribution in [0.5, 0.6) is 0 Å². The molecule has 0 bridgehead atoms. The molecule has 0 aliphatic carbocycles. The Bertz CT molecular complexity index is 1910. The van der Waals surface area contributed by atoms with Gasteiger partial charge in [0, 0.05) is 39.7 Å². The lowest BCUT2D eigenvalue weighted by Crippen LogP contribution is -2.51. The normalized spacial score (nSPS) is 23.0. The van der Waals surface area contributed by atoms with Crippen LogP contribution in [0.3, 0.4) is 0 Å². The zero-order valence-electron chi connectivity index (χ0n) is 22.2. The predicted octanol–water partition coefficient (Wildman–Crippen LogP) is 6.76. The number of nitrogens with zero attached hydrogens (tertiary/aromatic N) is 2. The Balaban J connectivity index is 1.52. The average molecular weight is 610 g/mol. The number of nitro groups is 1. The molecular formula is C33H21Cl2N3O5. The number of benzene rings is 4. The van der Waals surface area contributed by atoms with Crippen LogP contribution in [0.25, 0.3) is 6.08 Å². The van der Waals surface area contributed by atoms with Gasteiger partial charge in [-0.3, -0.25) is 24.5 Å². The van der Waals surface area contributed by atoms with Crippen LogP contribution in [-0.4, -0.2) is 34.5 Å². The van der Waals surface area contributed by atoms with E-state index >= 15 is 0 Å². The van der Waals surface area contributed by atoms with E-state index in [1.165, 1.54) is 36.4 Å². The molecule has 0 saturated carbocycles. The highest BCUT2D eigenvalue weighted by Crippen LogP contribution is 2.58. The molecule has 212 valence electrons. The number of Topliss-reactive ketones (excluding diaryl/α,β-unsaturated/α-hetero) is 2. The summed E-state index contributed by atoms with van der Waals surface area (Å²) in [7, 11) is 0. The first-order chi connectivity index (χ1) is 20.7. The van der Waals surface area contributed by atoms with E-state index in [-0.39, 0.29) is 21.8 Å². The summed E-state index contributed by atoms with van der Waals surface area (Å²) in [6.07, 6.45) is 3.78. The number of rotatable bonds is 5. The molecule has 0 aromatic heterocycles. The third-order valence-corrected chi connectivity index (χ3v) is 9.20. The summed E-state index contributed by atoms with van der Waals surface area (Å²) in [5.74, 6) is -2.59. The van der Waals surface area contributed by atoms with Crippen molar-refractivity contribution in [1.82, 2.24) is 0 Å². The number of halogens is 2. The predicted molar refractivity (Wildman–Crippen MR) is 164 cm³/mol. The van der Waals surface area contributed by atoms with E-state index in [0.29, 0.717) is 22.0 Å². The van der Waals surface area contributed by atoms with Crippen molar-refractivity contribution in [3.8, 4) is 0 Å². The maximum Gasteiger partial charge on any atom is 0.269 e. The van der Waals surface area contributed by atoms with Gasteiger partial charge in [-0.15, -0.1) is 0 Å². The Morgan fingerprint density at radius 3 is 2.37 bits per heavy atom. The first-order valence-electron chi connectivity index (χ1n) is 13.5. The number of fused-ring (bicyclic) bond motifs is 6. The number of non-ortho nitro benzene ring substituents is 1. The van der Waals surface area contributed by atoms with E-state index in [1.807, 2.05) is 47.4 Å². The van der Waals surface area contributed by atoms with Crippen molar-refractivity contribution in [3.63, 3.8) is 0 Å². The number of carbonyl (C=O) groups excluding carboxylic acids is 3. The summed E-state index contributed by atoms with van der Waals surface area (Å²) in [5.41, 5.74) is 1.28. The van der Waals surface area contributed by atoms with Crippen molar-refractivity contribution in [2.45, 2.75) is 17.5 Å². The fourth-order valence-electron chi connectivity index (χ4n) is 6.89. The molecular weight excluding hydrogens is 589 g/mol. The van der Waals surface area contributed by atoms with Gasteiger partial charge in [-0.25, -0.2) is 0 Å². The second-order valence-corrected chi connectivity index (χ2v) is 11.6. The fraction of sp³-hybridized carbons (Fsp3) is 0.121. The molecule has 0 unspecified atom stereocenters. The molecule has 8 nitrogen and oxygen atoms in total. The minimum atomic E-state index is -1.51. The van der Waals surface area contributed by atoms with E-state index < -0.39 is 45.8 Å². The van der Waals surface area contributed by atoms with Gasteiger partial charge in [0.15, 0.2) is 11.6 Å². The van der Waals surface area contributed by atoms with Crippen molar-refractivity contribution in [2.24, 2.45) is 5.92 Å². The number of amides is 1. The van der Waals surface area contributed by atoms with Crippen LogP contribution < -0.4 is 10.2 Å². The van der Waals surface area contributed by atoms with Crippen LogP contribution in [0.4, 0.5) is 17.1 Å². The number of hydrogen-bond donors (Lipinski definition) is 1. The SMILES string of the molecule is O=C(c1ccc([N+](=O)[O-])cc1)[C@@H]1[C@@H](C(=O)c2ccc(Cl)cc2Cl)[C@]2(C(=O)Nc3ccccc32)[C@H]2C=Cc3ccccc3N12. The smallest absolute Gasteiger partial charge is 0.269 e. The fourth-order valence-corrected chi connectivity index (χ4v) is 7.40. The van der Waals surface area contributed by atoms with Gasteiger partial charge in [0.1, 0.15) is 11.5 Å². The van der Waals surface area contributed by atoms with Crippen molar-refractivity contribution in [1.29, 1.82) is 0 Å². The van der Waals surface area contributed by atoms with Gasteiger partial charge in [-0.1, -0.05) is 71.8 Å². The van der Waals surface area contributed by atoms with Gasteiger partial charge in [-0.2, -0.15) is 0 Å². The molecule has 1 N–H and O–H groups in total. The van der Waals surface area contributed by atoms with Crippen molar-refractivity contribution in [2.75, 3.05) is 10.2 Å². The first kappa shape index (κ1) is 27.1. The van der Waals surface area contributed by atoms with Crippen LogP contribution in [0.1, 0.15) is 31.8 Å². The molecule has 0 radical (unpaired) electrons. The highest BCUT2D eigenvalue weighted by atomic mass is 35.5. The van der Waals surface area contributed by atoms with E-state index in [0.717, 1.165) is 5.56 Å². The lowest BCUT2D eigenvalue weighted by atomic mass is 9.64. The molecule has 43 heavy (non-hydrogen) atoms. The van der Waals surface area contributed by atoms with Gasteiger partial charge in [0.25, 0.3) is 5.69 Å². The zero-order valence-corrected chi connectivity index (χ0v) is 23.8. The molecule has 3 aliphatic heterocycles. The van der Waals surface area contributed by atoms with Gasteiger partial charge in [0.2, 0.25) is 5.91 Å². The standard InChI is InChI=1S/C33H21Cl2N3O5/c34-20-12-15-22(24(35)17-20)31(40)28-29(30(39)19-9-13-21(14-10-19)38(42)43)37-26-8-4-1-5-18(26)11-16-27(37)33(28)23-6-2-3-7-25(23)36-32(33)41/h1-17,27-29H,(H,36,41)/t27-,28+,29+,33-/m1/s1. The van der Waals surface area contributed by atoms with Gasteiger partial charge < -0.3 is 10.2 Å². The molecule has 4 atom stereocenters. The van der Waals surface area contributed by atoms with Gasteiger partial charge in [-0.05, 0) is 53.6 Å². The first-order valence-corrected chi connectivity index (χ1v) is 14.2. The van der Waals surface area contributed by atoms with Crippen molar-refractivity contribution in [3.05, 3.63) is 139 Å². The van der Waals surface area contributed by atoms with E-state index in [2.05, 4.69) is 5.32 Å². The van der Waals surface area contributed by atoms with Crippen LogP contribution in [0.2, 0.25) is 10.0 Å². The highest BCUT2D eigenvalue weighted by molar-refractivity contribution is 6.37. The molecule has 1 spiro atoms. The second kappa shape index (κ2) is 9.90. The average Bonchev–Trinajstić information content (AvgIpc) is 3.49. The second-order valence-electron chi connectivity index (χ2n) is 10.7. The molecule has 1 saturated heterocycles. The Hall–Kier alpha value is -4.79. The summed E-state index contributed by atoms with van der Waals surface area (Å²) in [5, 5.41) is 14.7. The van der Waals surface area contributed by atoms with E-state index in [1.54, 1.807) is 24.3 Å². The number of carbonyl (C=O) groups is 3. The Kier molecular flexibility index (Phi) is 6.23. The number of para-hydroxylation sites is 2. The Morgan fingerprint density at radius 1 is 0.907 bits per heavy atom. The Morgan fingerprint density at radius 2 is 1.63 bits per heavy atom. The molecule has 7 rings (SSSR count). The van der Waals surface area contributed by atoms with Crippen LogP contribution in [0.15, 0.2) is 97.1 Å². The van der Waals surface area contributed by atoms with Gasteiger partial charge >= 0.3 is 0 Å². The third-order valence-electron chi connectivity index (χ3n) is 8.65. The summed E-state index contributed by atoms with van der Waals surface area (Å²) in [4.78, 5) is 56.5. The molecule has 3 heterocycles. The van der Waals surface area contributed by atoms with Crippen molar-refractivity contribution < 1.29 is 19.3 Å². The molecule has 4 aromatic rings. The number of ketones is 2. The molecule has 1 amide bonds. The largest absolute Gasteiger partial charge is 0.352 e. The summed E-state index contributed by atoms with van der Waals surface area (Å²) in [6.45, 7) is 0. The number of nitro benzene ring substituents is 1. The monoisotopic (exact) mass is 609 g/mol. The minimum absolute atomic E-state index is 0.0988.